The molecule has 2 heterocycles. The Kier molecular flexibility index (Phi) is 3.32. The number of hydrogen-bond donors (Lipinski definition) is 2. The predicted molar refractivity (Wildman–Crippen MR) is 69.0 cm³/mol. The maximum absolute atomic E-state index is 12.6. The quantitative estimate of drug-likeness (QED) is 0.719. The zero-order chi connectivity index (χ0) is 12.7. The van der Waals surface area contributed by atoms with E-state index in [0.29, 0.717) is 23.8 Å². The minimum absolute atomic E-state index is 0.148. The number of fused-ring (bicyclic) bond motifs is 1. The fourth-order valence-electron chi connectivity index (χ4n) is 4.03. The van der Waals surface area contributed by atoms with E-state index in [-0.39, 0.29) is 12.0 Å². The molecule has 4 nitrogen and oxygen atoms in total. The van der Waals surface area contributed by atoms with Crippen LogP contribution in [0.25, 0.3) is 0 Å². The Balaban J connectivity index is 1.64. The molecule has 0 aromatic carbocycles. The zero-order valence-electron chi connectivity index (χ0n) is 11.1. The first-order chi connectivity index (χ1) is 8.66. The van der Waals surface area contributed by atoms with Crippen LogP contribution in [0.1, 0.15) is 32.6 Å². The number of amides is 1. The van der Waals surface area contributed by atoms with Gasteiger partial charge in [0, 0.05) is 25.0 Å². The van der Waals surface area contributed by atoms with Crippen LogP contribution < -0.4 is 5.32 Å². The van der Waals surface area contributed by atoms with Crippen molar-refractivity contribution in [2.24, 2.45) is 17.8 Å². The third-order valence-electron chi connectivity index (χ3n) is 5.21. The lowest BCUT2D eigenvalue weighted by atomic mass is 9.90. The van der Waals surface area contributed by atoms with Crippen LogP contribution in [0.15, 0.2) is 0 Å². The number of carbonyl (C=O) groups is 1. The molecule has 1 aliphatic carbocycles. The number of rotatable bonds is 1. The first kappa shape index (κ1) is 12.4. The second-order valence-electron chi connectivity index (χ2n) is 6.30. The van der Waals surface area contributed by atoms with E-state index in [1.807, 2.05) is 4.90 Å². The molecule has 1 saturated carbocycles. The number of piperidine rings is 1. The van der Waals surface area contributed by atoms with E-state index in [1.165, 1.54) is 0 Å². The van der Waals surface area contributed by atoms with Gasteiger partial charge in [-0.15, -0.1) is 0 Å². The molecule has 3 rings (SSSR count). The molecule has 5 atom stereocenters. The van der Waals surface area contributed by atoms with Gasteiger partial charge in [0.05, 0.1) is 12.0 Å². The van der Waals surface area contributed by atoms with E-state index in [9.17, 15) is 9.90 Å². The molecule has 5 unspecified atom stereocenters. The van der Waals surface area contributed by atoms with E-state index < -0.39 is 0 Å². The van der Waals surface area contributed by atoms with Crippen LogP contribution in [-0.4, -0.2) is 47.7 Å². The number of hydrogen-bond acceptors (Lipinski definition) is 3. The summed E-state index contributed by atoms with van der Waals surface area (Å²) >= 11 is 0. The van der Waals surface area contributed by atoms with Gasteiger partial charge in [-0.3, -0.25) is 4.79 Å². The van der Waals surface area contributed by atoms with Gasteiger partial charge in [0.25, 0.3) is 0 Å². The highest BCUT2D eigenvalue weighted by Crippen LogP contribution is 2.39. The number of nitrogens with one attached hydrogen (secondary N) is 1. The van der Waals surface area contributed by atoms with Crippen molar-refractivity contribution in [1.29, 1.82) is 0 Å². The van der Waals surface area contributed by atoms with Crippen LogP contribution in [0.2, 0.25) is 0 Å². The molecule has 2 N–H and O–H groups in total. The Morgan fingerprint density at radius 2 is 2.11 bits per heavy atom. The molecule has 4 heteroatoms. The van der Waals surface area contributed by atoms with E-state index >= 15 is 0 Å². The molecule has 0 spiro atoms. The predicted octanol–water partition coefficient (Wildman–Crippen LogP) is 0.604. The monoisotopic (exact) mass is 252 g/mol. The summed E-state index contributed by atoms with van der Waals surface area (Å²) in [7, 11) is 0. The van der Waals surface area contributed by atoms with Gasteiger partial charge in [-0.25, -0.2) is 0 Å². The molecule has 102 valence electrons. The normalized spacial score (nSPS) is 44.1. The van der Waals surface area contributed by atoms with Crippen molar-refractivity contribution in [3.05, 3.63) is 0 Å². The molecule has 0 aromatic heterocycles. The smallest absolute Gasteiger partial charge is 0.227 e. The number of aliphatic hydroxyl groups is 1. The minimum atomic E-state index is -0.172. The van der Waals surface area contributed by atoms with E-state index in [1.54, 1.807) is 0 Å². The molecular weight excluding hydrogens is 228 g/mol. The molecule has 0 bridgehead atoms. The second kappa shape index (κ2) is 4.82. The van der Waals surface area contributed by atoms with Crippen molar-refractivity contribution in [2.45, 2.75) is 44.8 Å². The van der Waals surface area contributed by atoms with Gasteiger partial charge >= 0.3 is 0 Å². The highest BCUT2D eigenvalue weighted by Gasteiger charge is 2.44. The van der Waals surface area contributed by atoms with Crippen molar-refractivity contribution in [1.82, 2.24) is 10.2 Å². The maximum atomic E-state index is 12.6. The largest absolute Gasteiger partial charge is 0.393 e. The lowest BCUT2D eigenvalue weighted by molar-refractivity contribution is -0.136. The van der Waals surface area contributed by atoms with Crippen molar-refractivity contribution < 1.29 is 9.90 Å². The Hall–Kier alpha value is -0.610. The summed E-state index contributed by atoms with van der Waals surface area (Å²) in [6.45, 7) is 4.82. The Bertz CT molecular complexity index is 334. The van der Waals surface area contributed by atoms with Crippen LogP contribution >= 0.6 is 0 Å². The maximum Gasteiger partial charge on any atom is 0.227 e. The fourth-order valence-corrected chi connectivity index (χ4v) is 4.03. The Morgan fingerprint density at radius 3 is 2.83 bits per heavy atom. The first-order valence-electron chi connectivity index (χ1n) is 7.37. The Labute approximate surface area is 109 Å². The van der Waals surface area contributed by atoms with Crippen molar-refractivity contribution >= 4 is 5.91 Å². The summed E-state index contributed by atoms with van der Waals surface area (Å²) in [6.07, 6.45) is 3.97. The summed E-state index contributed by atoms with van der Waals surface area (Å²) in [5, 5.41) is 13.3. The summed E-state index contributed by atoms with van der Waals surface area (Å²) in [5.74, 6) is 1.36. The van der Waals surface area contributed by atoms with Gasteiger partial charge in [0.15, 0.2) is 0 Å². The number of carbonyl (C=O) groups excluding carboxylic acids is 1. The average Bonchev–Trinajstić information content (AvgIpc) is 2.92. The number of nitrogens with zero attached hydrogens (tertiary/aromatic N) is 1. The molecule has 0 aromatic rings. The number of likely N-dealkylation sites (tertiary alicyclic amines) is 1. The average molecular weight is 252 g/mol. The fraction of sp³-hybridized carbons (Fsp3) is 0.929. The molecule has 2 saturated heterocycles. The van der Waals surface area contributed by atoms with Crippen LogP contribution in [-0.2, 0) is 4.79 Å². The lowest BCUT2D eigenvalue weighted by Gasteiger charge is -2.32. The van der Waals surface area contributed by atoms with Gasteiger partial charge in [-0.2, -0.15) is 0 Å². The lowest BCUT2D eigenvalue weighted by Crippen LogP contribution is -2.48. The third kappa shape index (κ3) is 2.05. The number of aliphatic hydroxyl groups excluding tert-OH is 1. The van der Waals surface area contributed by atoms with Crippen molar-refractivity contribution in [3.63, 3.8) is 0 Å². The summed E-state index contributed by atoms with van der Waals surface area (Å²) < 4.78 is 0. The SMILES string of the molecule is CC1NCCCC1C(=O)N1CC2CCC(O)C2C1. The van der Waals surface area contributed by atoms with Gasteiger partial charge in [0.1, 0.15) is 0 Å². The molecule has 3 fully saturated rings. The Morgan fingerprint density at radius 1 is 1.28 bits per heavy atom. The summed E-state index contributed by atoms with van der Waals surface area (Å²) in [6, 6.07) is 0.302. The molecule has 0 radical (unpaired) electrons. The third-order valence-corrected chi connectivity index (χ3v) is 5.21. The van der Waals surface area contributed by atoms with Crippen molar-refractivity contribution in [3.8, 4) is 0 Å². The highest BCUT2D eigenvalue weighted by molar-refractivity contribution is 5.80. The standard InChI is InChI=1S/C14H24N2O2/c1-9-11(3-2-6-15-9)14(18)16-7-10-4-5-13(17)12(10)8-16/h9-13,15,17H,2-8H2,1H3. The van der Waals surface area contributed by atoms with Crippen LogP contribution in [0.3, 0.4) is 0 Å². The minimum Gasteiger partial charge on any atom is -0.393 e. The molecule has 18 heavy (non-hydrogen) atoms. The van der Waals surface area contributed by atoms with Crippen molar-refractivity contribution in [2.75, 3.05) is 19.6 Å². The van der Waals surface area contributed by atoms with Gasteiger partial charge in [0.2, 0.25) is 5.91 Å². The van der Waals surface area contributed by atoms with Crippen LogP contribution in [0.5, 0.6) is 0 Å². The molecular formula is C14H24N2O2. The summed E-state index contributed by atoms with van der Waals surface area (Å²) in [5.41, 5.74) is 0. The van der Waals surface area contributed by atoms with Gasteiger partial charge in [-0.05, 0) is 45.1 Å². The van der Waals surface area contributed by atoms with E-state index in [2.05, 4.69) is 12.2 Å². The van der Waals surface area contributed by atoms with Gasteiger partial charge in [-0.1, -0.05) is 0 Å². The molecule has 1 amide bonds. The molecule has 3 aliphatic rings. The summed E-state index contributed by atoms with van der Waals surface area (Å²) in [4.78, 5) is 14.6. The topological polar surface area (TPSA) is 52.6 Å². The van der Waals surface area contributed by atoms with E-state index in [4.69, 9.17) is 0 Å². The first-order valence-corrected chi connectivity index (χ1v) is 7.37. The molecule has 2 aliphatic heterocycles. The second-order valence-corrected chi connectivity index (χ2v) is 6.30. The van der Waals surface area contributed by atoms with Crippen LogP contribution in [0, 0.1) is 17.8 Å². The van der Waals surface area contributed by atoms with E-state index in [0.717, 1.165) is 45.3 Å². The van der Waals surface area contributed by atoms with Crippen LogP contribution in [0.4, 0.5) is 0 Å². The zero-order valence-corrected chi connectivity index (χ0v) is 11.1. The highest BCUT2D eigenvalue weighted by atomic mass is 16.3. The van der Waals surface area contributed by atoms with Gasteiger partial charge < -0.3 is 15.3 Å².